The molecule has 2 aromatic heterocycles. The van der Waals surface area contributed by atoms with E-state index in [1.54, 1.807) is 6.20 Å². The summed E-state index contributed by atoms with van der Waals surface area (Å²) in [6.07, 6.45) is 4.78. The predicted molar refractivity (Wildman–Crippen MR) is 148 cm³/mol. The van der Waals surface area contributed by atoms with E-state index in [1.807, 2.05) is 41.3 Å². The summed E-state index contributed by atoms with van der Waals surface area (Å²) >= 11 is 6.19. The summed E-state index contributed by atoms with van der Waals surface area (Å²) in [7, 11) is 0. The number of aromatic amines is 1. The number of H-pyrrole nitrogens is 1. The van der Waals surface area contributed by atoms with Crippen LogP contribution in [0.3, 0.4) is 0 Å². The van der Waals surface area contributed by atoms with Gasteiger partial charge in [-0.1, -0.05) is 44.0 Å². The predicted octanol–water partition coefficient (Wildman–Crippen LogP) is 5.99. The van der Waals surface area contributed by atoms with E-state index in [0.717, 1.165) is 76.1 Å². The van der Waals surface area contributed by atoms with Gasteiger partial charge in [0, 0.05) is 58.5 Å². The fourth-order valence-corrected chi connectivity index (χ4v) is 5.34. The van der Waals surface area contributed by atoms with Gasteiger partial charge in [-0.05, 0) is 67.3 Å². The van der Waals surface area contributed by atoms with Crippen molar-refractivity contribution >= 4 is 45.0 Å². The third-order valence-electron chi connectivity index (χ3n) is 7.54. The van der Waals surface area contributed by atoms with Gasteiger partial charge in [-0.3, -0.25) is 14.7 Å². The van der Waals surface area contributed by atoms with Gasteiger partial charge in [0.15, 0.2) is 0 Å². The zero-order valence-corrected chi connectivity index (χ0v) is 21.8. The topological polar surface area (TPSA) is 78.2 Å². The molecule has 2 atom stereocenters. The summed E-state index contributed by atoms with van der Waals surface area (Å²) in [5.74, 6) is 0.832. The molecular formula is C29H34ClN5O. The molecule has 1 aliphatic heterocycles. The first-order chi connectivity index (χ1) is 17.4. The Hall–Kier alpha value is -3.09. The van der Waals surface area contributed by atoms with Gasteiger partial charge in [-0.2, -0.15) is 0 Å². The molecular weight excluding hydrogens is 470 g/mol. The maximum Gasteiger partial charge on any atom is 0.240 e. The van der Waals surface area contributed by atoms with Crippen molar-refractivity contribution in [2.24, 2.45) is 5.92 Å². The zero-order chi connectivity index (χ0) is 25.2. The van der Waals surface area contributed by atoms with Crippen molar-refractivity contribution in [3.05, 3.63) is 71.0 Å². The van der Waals surface area contributed by atoms with Crippen LogP contribution in [0.15, 0.2) is 54.7 Å². The molecule has 0 radical (unpaired) electrons. The number of halogens is 1. The number of nitrogen functional groups attached to an aromatic ring is 1. The molecule has 1 saturated heterocycles. The van der Waals surface area contributed by atoms with Crippen molar-refractivity contribution in [3.8, 4) is 0 Å². The molecule has 1 amide bonds. The van der Waals surface area contributed by atoms with E-state index in [0.29, 0.717) is 19.0 Å². The van der Waals surface area contributed by atoms with Gasteiger partial charge in [0.1, 0.15) is 0 Å². The third-order valence-corrected chi connectivity index (χ3v) is 7.78. The van der Waals surface area contributed by atoms with Gasteiger partial charge in [-0.25, -0.2) is 0 Å². The van der Waals surface area contributed by atoms with Crippen molar-refractivity contribution < 1.29 is 4.79 Å². The molecule has 7 heteroatoms. The Kier molecular flexibility index (Phi) is 7.17. The molecule has 0 bridgehead atoms. The number of nitrogens with zero attached hydrogens (tertiary/aromatic N) is 3. The van der Waals surface area contributed by atoms with Crippen LogP contribution in [0.2, 0.25) is 5.02 Å². The number of carbonyl (C=O) groups is 1. The Morgan fingerprint density at radius 2 is 2.08 bits per heavy atom. The quantitative estimate of drug-likeness (QED) is 0.294. The monoisotopic (exact) mass is 503 g/mol. The number of benzene rings is 2. The zero-order valence-electron chi connectivity index (χ0n) is 21.0. The van der Waals surface area contributed by atoms with Gasteiger partial charge in [0.05, 0.1) is 11.6 Å². The van der Waals surface area contributed by atoms with Crippen molar-refractivity contribution in [1.82, 2.24) is 19.8 Å². The second kappa shape index (κ2) is 10.5. The number of carbonyl (C=O) groups excluding carboxylic acids is 1. The highest BCUT2D eigenvalue weighted by Crippen LogP contribution is 2.27. The van der Waals surface area contributed by atoms with Crippen molar-refractivity contribution in [2.45, 2.75) is 52.2 Å². The minimum Gasteiger partial charge on any atom is -0.398 e. The maximum absolute atomic E-state index is 13.6. The molecule has 3 N–H and O–H groups in total. The highest BCUT2D eigenvalue weighted by molar-refractivity contribution is 6.31. The first-order valence-electron chi connectivity index (χ1n) is 12.8. The summed E-state index contributed by atoms with van der Waals surface area (Å²) in [6, 6.07) is 15.9. The molecule has 2 aromatic carbocycles. The normalized spacial score (nSPS) is 17.1. The lowest BCUT2D eigenvalue weighted by Gasteiger charge is -2.28. The number of amides is 1. The Bertz CT molecular complexity index is 1380. The van der Waals surface area contributed by atoms with E-state index in [9.17, 15) is 4.79 Å². The van der Waals surface area contributed by atoms with Crippen LogP contribution in [-0.2, 0) is 17.9 Å². The smallest absolute Gasteiger partial charge is 0.240 e. The molecule has 4 aromatic rings. The fourth-order valence-electron chi connectivity index (χ4n) is 5.16. The number of hydrogen-bond donors (Lipinski definition) is 2. The van der Waals surface area contributed by atoms with E-state index in [1.165, 1.54) is 0 Å². The van der Waals surface area contributed by atoms with Gasteiger partial charge in [-0.15, -0.1) is 0 Å². The summed E-state index contributed by atoms with van der Waals surface area (Å²) in [5.41, 5.74) is 10.9. The summed E-state index contributed by atoms with van der Waals surface area (Å²) in [6.45, 7) is 7.47. The molecule has 36 heavy (non-hydrogen) atoms. The standard InChI is InChI=1S/C29H34ClN5O/c1-3-19(2)9-12-34(18-23-16-21-15-22(30)5-7-26(21)33-23)28-10-13-35(29(28)36)17-20-4-6-24-25(31)8-11-32-27(24)14-20/h4-8,11,14-16,19,28,33H,3,9-10,12-13,17-18H2,1-2H3,(H2,31,32). The summed E-state index contributed by atoms with van der Waals surface area (Å²) in [4.78, 5) is 25.9. The van der Waals surface area contributed by atoms with Crippen LogP contribution in [0.4, 0.5) is 5.69 Å². The van der Waals surface area contributed by atoms with Gasteiger partial charge < -0.3 is 15.6 Å². The van der Waals surface area contributed by atoms with Crippen LogP contribution in [0.25, 0.3) is 21.8 Å². The first kappa shape index (κ1) is 24.6. The minimum absolute atomic E-state index is 0.113. The molecule has 1 fully saturated rings. The molecule has 0 aliphatic carbocycles. The number of likely N-dealkylation sites (tertiary alicyclic amines) is 1. The lowest BCUT2D eigenvalue weighted by molar-refractivity contribution is -0.132. The average Bonchev–Trinajstić information content (AvgIpc) is 3.43. The van der Waals surface area contributed by atoms with Crippen LogP contribution >= 0.6 is 11.6 Å². The minimum atomic E-state index is -0.113. The number of hydrogen-bond acceptors (Lipinski definition) is 4. The third kappa shape index (κ3) is 5.20. The van der Waals surface area contributed by atoms with E-state index in [4.69, 9.17) is 17.3 Å². The van der Waals surface area contributed by atoms with Crippen LogP contribution < -0.4 is 5.73 Å². The number of pyridine rings is 1. The summed E-state index contributed by atoms with van der Waals surface area (Å²) < 4.78 is 0. The number of aromatic nitrogens is 2. The largest absolute Gasteiger partial charge is 0.398 e. The van der Waals surface area contributed by atoms with Gasteiger partial charge in [0.2, 0.25) is 5.91 Å². The Labute approximate surface area is 217 Å². The Morgan fingerprint density at radius 3 is 2.92 bits per heavy atom. The average molecular weight is 504 g/mol. The number of anilines is 1. The highest BCUT2D eigenvalue weighted by atomic mass is 35.5. The SMILES string of the molecule is CCC(C)CCN(Cc1cc2cc(Cl)ccc2[nH]1)C1CCN(Cc2ccc3c(N)ccnc3c2)C1=O. The number of nitrogens with one attached hydrogen (secondary N) is 1. The van der Waals surface area contributed by atoms with E-state index in [2.05, 4.69) is 40.8 Å². The highest BCUT2D eigenvalue weighted by Gasteiger charge is 2.36. The second-order valence-corrected chi connectivity index (χ2v) is 10.6. The van der Waals surface area contributed by atoms with Crippen molar-refractivity contribution in [3.63, 3.8) is 0 Å². The number of fused-ring (bicyclic) bond motifs is 2. The van der Waals surface area contributed by atoms with E-state index in [-0.39, 0.29) is 11.9 Å². The molecule has 2 unspecified atom stereocenters. The second-order valence-electron chi connectivity index (χ2n) is 10.1. The maximum atomic E-state index is 13.6. The molecule has 6 nitrogen and oxygen atoms in total. The molecule has 5 rings (SSSR count). The molecule has 3 heterocycles. The van der Waals surface area contributed by atoms with E-state index < -0.39 is 0 Å². The lowest BCUT2D eigenvalue weighted by Crippen LogP contribution is -2.42. The van der Waals surface area contributed by atoms with Gasteiger partial charge >= 0.3 is 0 Å². The number of rotatable bonds is 9. The first-order valence-corrected chi connectivity index (χ1v) is 13.2. The van der Waals surface area contributed by atoms with Crippen LogP contribution in [0.1, 0.15) is 44.4 Å². The van der Waals surface area contributed by atoms with Crippen LogP contribution in [0, 0.1) is 5.92 Å². The van der Waals surface area contributed by atoms with Crippen LogP contribution in [-0.4, -0.2) is 44.8 Å². The number of nitrogens with two attached hydrogens (primary N) is 1. The van der Waals surface area contributed by atoms with E-state index >= 15 is 0 Å². The Balaban J connectivity index is 1.33. The molecule has 1 aliphatic rings. The Morgan fingerprint density at radius 1 is 1.22 bits per heavy atom. The van der Waals surface area contributed by atoms with Crippen molar-refractivity contribution in [1.29, 1.82) is 0 Å². The molecule has 0 spiro atoms. The van der Waals surface area contributed by atoms with Gasteiger partial charge in [0.25, 0.3) is 0 Å². The van der Waals surface area contributed by atoms with Crippen molar-refractivity contribution in [2.75, 3.05) is 18.8 Å². The fraction of sp³-hybridized carbons (Fsp3) is 0.379. The molecule has 188 valence electrons. The lowest BCUT2D eigenvalue weighted by atomic mass is 10.0. The molecule has 0 saturated carbocycles. The van der Waals surface area contributed by atoms with Crippen LogP contribution in [0.5, 0.6) is 0 Å². The summed E-state index contributed by atoms with van der Waals surface area (Å²) in [5, 5.41) is 2.78.